The average molecular weight is 255 g/mol. The fourth-order valence-electron chi connectivity index (χ4n) is 3.94. The van der Waals surface area contributed by atoms with Gasteiger partial charge in [-0.05, 0) is 46.3 Å². The van der Waals surface area contributed by atoms with E-state index in [0.717, 1.165) is 25.6 Å². The summed E-state index contributed by atoms with van der Waals surface area (Å²) in [6.07, 6.45) is 5.26. The molecule has 0 aromatic rings. The first-order valence-electron chi connectivity index (χ1n) is 7.56. The van der Waals surface area contributed by atoms with Gasteiger partial charge in [0, 0.05) is 24.7 Å². The molecule has 1 aliphatic rings. The minimum atomic E-state index is 0.252. The van der Waals surface area contributed by atoms with E-state index in [1.807, 2.05) is 0 Å². The van der Waals surface area contributed by atoms with Crippen LogP contribution in [0.25, 0.3) is 0 Å². The lowest BCUT2D eigenvalue weighted by atomic mass is 9.74. The normalized spacial score (nSPS) is 31.0. The molecule has 0 aromatic carbocycles. The Morgan fingerprint density at radius 3 is 2.50 bits per heavy atom. The standard InChI is InChI=1S/C15H33N3/c1-6-18(14(3)11-17(4)5)15(12-16)9-7-8-13(2)10-15/h13-14H,6-12,16H2,1-5H3. The van der Waals surface area contributed by atoms with Crippen molar-refractivity contribution >= 4 is 0 Å². The molecule has 3 nitrogen and oxygen atoms in total. The summed E-state index contributed by atoms with van der Waals surface area (Å²) in [5.41, 5.74) is 6.44. The van der Waals surface area contributed by atoms with Gasteiger partial charge in [0.25, 0.3) is 0 Å². The van der Waals surface area contributed by atoms with Gasteiger partial charge < -0.3 is 10.6 Å². The monoisotopic (exact) mass is 255 g/mol. The van der Waals surface area contributed by atoms with Gasteiger partial charge in [-0.25, -0.2) is 0 Å². The Morgan fingerprint density at radius 2 is 2.06 bits per heavy atom. The summed E-state index contributed by atoms with van der Waals surface area (Å²) in [6.45, 7) is 10.0. The SMILES string of the molecule is CCN(C(C)CN(C)C)C1(CN)CCCC(C)C1. The van der Waals surface area contributed by atoms with E-state index in [9.17, 15) is 0 Å². The second-order valence-corrected chi connectivity index (χ2v) is 6.53. The summed E-state index contributed by atoms with van der Waals surface area (Å²) in [6, 6.07) is 0.582. The van der Waals surface area contributed by atoms with E-state index in [2.05, 4.69) is 44.7 Å². The van der Waals surface area contributed by atoms with Gasteiger partial charge in [-0.15, -0.1) is 0 Å². The second-order valence-electron chi connectivity index (χ2n) is 6.53. The lowest BCUT2D eigenvalue weighted by Crippen LogP contribution is -2.60. The highest BCUT2D eigenvalue weighted by Crippen LogP contribution is 2.37. The van der Waals surface area contributed by atoms with Crippen LogP contribution in [0.5, 0.6) is 0 Å². The van der Waals surface area contributed by atoms with Crippen LogP contribution in [0.15, 0.2) is 0 Å². The number of nitrogens with two attached hydrogens (primary N) is 1. The molecule has 108 valence electrons. The molecule has 3 atom stereocenters. The van der Waals surface area contributed by atoms with Crippen molar-refractivity contribution in [3.63, 3.8) is 0 Å². The number of hydrogen-bond donors (Lipinski definition) is 1. The van der Waals surface area contributed by atoms with Crippen LogP contribution in [-0.2, 0) is 0 Å². The Kier molecular flexibility index (Phi) is 6.09. The summed E-state index contributed by atoms with van der Waals surface area (Å²) in [7, 11) is 4.31. The first-order valence-corrected chi connectivity index (χ1v) is 7.56. The van der Waals surface area contributed by atoms with Crippen molar-refractivity contribution in [3.05, 3.63) is 0 Å². The molecule has 18 heavy (non-hydrogen) atoms. The fraction of sp³-hybridized carbons (Fsp3) is 1.00. The number of likely N-dealkylation sites (N-methyl/N-ethyl adjacent to an activating group) is 2. The predicted molar refractivity (Wildman–Crippen MR) is 79.8 cm³/mol. The molecule has 0 radical (unpaired) electrons. The van der Waals surface area contributed by atoms with Crippen molar-refractivity contribution in [2.45, 2.75) is 58.0 Å². The van der Waals surface area contributed by atoms with Crippen molar-refractivity contribution in [2.75, 3.05) is 33.7 Å². The Balaban J connectivity index is 2.81. The summed E-state index contributed by atoms with van der Waals surface area (Å²) in [5.74, 6) is 0.822. The third kappa shape index (κ3) is 3.69. The Labute approximate surface area is 114 Å². The maximum absolute atomic E-state index is 6.19. The molecule has 1 aliphatic carbocycles. The minimum Gasteiger partial charge on any atom is -0.329 e. The maximum atomic E-state index is 6.19. The zero-order valence-corrected chi connectivity index (χ0v) is 13.1. The number of nitrogens with zero attached hydrogens (tertiary/aromatic N) is 2. The van der Waals surface area contributed by atoms with E-state index in [1.54, 1.807) is 0 Å². The van der Waals surface area contributed by atoms with E-state index in [4.69, 9.17) is 5.73 Å². The molecule has 3 heteroatoms. The van der Waals surface area contributed by atoms with Crippen LogP contribution in [0, 0.1) is 5.92 Å². The smallest absolute Gasteiger partial charge is 0.0337 e. The lowest BCUT2D eigenvalue weighted by molar-refractivity contribution is 0.00669. The third-order valence-electron chi connectivity index (χ3n) is 4.56. The Hall–Kier alpha value is -0.120. The summed E-state index contributed by atoms with van der Waals surface area (Å²) < 4.78 is 0. The molecular weight excluding hydrogens is 222 g/mol. The number of hydrogen-bond acceptors (Lipinski definition) is 3. The summed E-state index contributed by atoms with van der Waals surface area (Å²) in [5, 5.41) is 0. The second kappa shape index (κ2) is 6.88. The largest absolute Gasteiger partial charge is 0.329 e. The maximum Gasteiger partial charge on any atom is 0.0337 e. The van der Waals surface area contributed by atoms with Crippen LogP contribution in [0.3, 0.4) is 0 Å². The van der Waals surface area contributed by atoms with Gasteiger partial charge in [0.2, 0.25) is 0 Å². The van der Waals surface area contributed by atoms with E-state index >= 15 is 0 Å². The molecule has 2 N–H and O–H groups in total. The van der Waals surface area contributed by atoms with Crippen molar-refractivity contribution in [2.24, 2.45) is 11.7 Å². The van der Waals surface area contributed by atoms with E-state index in [-0.39, 0.29) is 5.54 Å². The highest BCUT2D eigenvalue weighted by atomic mass is 15.3. The summed E-state index contributed by atoms with van der Waals surface area (Å²) in [4.78, 5) is 4.95. The topological polar surface area (TPSA) is 32.5 Å². The van der Waals surface area contributed by atoms with Crippen LogP contribution >= 0.6 is 0 Å². The Bertz CT molecular complexity index is 242. The molecule has 1 saturated carbocycles. The predicted octanol–water partition coefficient (Wildman–Crippen LogP) is 2.17. The zero-order chi connectivity index (χ0) is 13.8. The van der Waals surface area contributed by atoms with E-state index in [1.165, 1.54) is 25.7 Å². The van der Waals surface area contributed by atoms with E-state index in [0.29, 0.717) is 6.04 Å². The molecule has 0 saturated heterocycles. The highest BCUT2D eigenvalue weighted by molar-refractivity contribution is 4.97. The number of rotatable bonds is 6. The van der Waals surface area contributed by atoms with Gasteiger partial charge in [-0.2, -0.15) is 0 Å². The quantitative estimate of drug-likeness (QED) is 0.789. The highest BCUT2D eigenvalue weighted by Gasteiger charge is 2.40. The molecule has 3 unspecified atom stereocenters. The van der Waals surface area contributed by atoms with Crippen molar-refractivity contribution in [1.29, 1.82) is 0 Å². The summed E-state index contributed by atoms with van der Waals surface area (Å²) >= 11 is 0. The molecule has 0 heterocycles. The minimum absolute atomic E-state index is 0.252. The molecule has 0 aromatic heterocycles. The molecule has 1 rings (SSSR count). The third-order valence-corrected chi connectivity index (χ3v) is 4.56. The van der Waals surface area contributed by atoms with Gasteiger partial charge in [0.1, 0.15) is 0 Å². The molecule has 0 aliphatic heterocycles. The first kappa shape index (κ1) is 15.9. The van der Waals surface area contributed by atoms with Gasteiger partial charge in [0.15, 0.2) is 0 Å². The van der Waals surface area contributed by atoms with E-state index < -0.39 is 0 Å². The van der Waals surface area contributed by atoms with Crippen LogP contribution in [0.2, 0.25) is 0 Å². The molecule has 0 amide bonds. The van der Waals surface area contributed by atoms with Gasteiger partial charge in [-0.1, -0.05) is 26.7 Å². The van der Waals surface area contributed by atoms with Crippen molar-refractivity contribution in [3.8, 4) is 0 Å². The van der Waals surface area contributed by atoms with Crippen LogP contribution in [0.1, 0.15) is 46.5 Å². The van der Waals surface area contributed by atoms with Crippen molar-refractivity contribution in [1.82, 2.24) is 9.80 Å². The lowest BCUT2D eigenvalue weighted by Gasteiger charge is -2.50. The van der Waals surface area contributed by atoms with Gasteiger partial charge in [0.05, 0.1) is 0 Å². The zero-order valence-electron chi connectivity index (χ0n) is 13.1. The van der Waals surface area contributed by atoms with Crippen molar-refractivity contribution < 1.29 is 0 Å². The van der Waals surface area contributed by atoms with Gasteiger partial charge in [-0.3, -0.25) is 4.90 Å². The molecular formula is C15H33N3. The fourth-order valence-corrected chi connectivity index (χ4v) is 3.94. The Morgan fingerprint density at radius 1 is 1.39 bits per heavy atom. The van der Waals surface area contributed by atoms with Gasteiger partial charge >= 0.3 is 0 Å². The first-order chi connectivity index (χ1) is 8.45. The molecule has 1 fully saturated rings. The average Bonchev–Trinajstić information content (AvgIpc) is 2.28. The van der Waals surface area contributed by atoms with Crippen LogP contribution < -0.4 is 5.73 Å². The molecule has 0 bridgehead atoms. The van der Waals surface area contributed by atoms with Crippen LogP contribution in [0.4, 0.5) is 0 Å². The van der Waals surface area contributed by atoms with Crippen LogP contribution in [-0.4, -0.2) is 55.1 Å². The molecule has 0 spiro atoms.